The fourth-order valence-corrected chi connectivity index (χ4v) is 1.33. The molecule has 0 N–H and O–H groups in total. The van der Waals surface area contributed by atoms with Crippen LogP contribution in [0.25, 0.3) is 0 Å². The Morgan fingerprint density at radius 1 is 1.33 bits per heavy atom. The second-order valence-corrected chi connectivity index (χ2v) is 2.44. The average molecular weight is 122 g/mol. The monoisotopic (exact) mass is 122 g/mol. The van der Waals surface area contributed by atoms with Gasteiger partial charge in [0, 0.05) is 25.7 Å². The zero-order chi connectivity index (χ0) is 6.10. The quantitative estimate of drug-likeness (QED) is 0.468. The molecule has 2 nitrogen and oxygen atoms in total. The summed E-state index contributed by atoms with van der Waals surface area (Å²) in [4.78, 5) is 6.59. The van der Waals surface area contributed by atoms with Gasteiger partial charge in [-0.15, -0.1) is 0 Å². The van der Waals surface area contributed by atoms with Gasteiger partial charge < -0.3 is 4.90 Å². The van der Waals surface area contributed by atoms with E-state index in [-0.39, 0.29) is 0 Å². The first-order chi connectivity index (χ1) is 4.47. The maximum absolute atomic E-state index is 4.25. The Morgan fingerprint density at radius 2 is 2.22 bits per heavy atom. The van der Waals surface area contributed by atoms with Crippen LogP contribution in [0.2, 0.25) is 0 Å². The summed E-state index contributed by atoms with van der Waals surface area (Å²) in [7, 11) is 0. The van der Waals surface area contributed by atoms with Crippen molar-refractivity contribution in [3.05, 3.63) is 11.9 Å². The lowest BCUT2D eigenvalue weighted by molar-refractivity contribution is 0.376. The molecule has 0 unspecified atom stereocenters. The molecule has 2 heterocycles. The number of fused-ring (bicyclic) bond motifs is 1. The van der Waals surface area contributed by atoms with Gasteiger partial charge in [0.15, 0.2) is 0 Å². The molecule has 2 heteroatoms. The van der Waals surface area contributed by atoms with Crippen LogP contribution in [0, 0.1) is 0 Å². The van der Waals surface area contributed by atoms with E-state index in [1.165, 1.54) is 25.3 Å². The van der Waals surface area contributed by atoms with Gasteiger partial charge >= 0.3 is 0 Å². The molecule has 2 aliphatic rings. The van der Waals surface area contributed by atoms with Crippen molar-refractivity contribution in [3.63, 3.8) is 0 Å². The first kappa shape index (κ1) is 5.03. The van der Waals surface area contributed by atoms with Crippen molar-refractivity contribution in [2.45, 2.75) is 12.8 Å². The van der Waals surface area contributed by atoms with Crippen LogP contribution >= 0.6 is 0 Å². The summed E-state index contributed by atoms with van der Waals surface area (Å²) in [6.45, 7) is 2.36. The molecular formula is C7H10N2. The molecule has 0 aromatic carbocycles. The van der Waals surface area contributed by atoms with Gasteiger partial charge in [-0.05, 0) is 12.5 Å². The zero-order valence-electron chi connectivity index (χ0n) is 5.38. The molecule has 0 radical (unpaired) electrons. The molecule has 2 aliphatic heterocycles. The van der Waals surface area contributed by atoms with Crippen LogP contribution in [0.5, 0.6) is 0 Å². The van der Waals surface area contributed by atoms with Crippen molar-refractivity contribution >= 4 is 6.21 Å². The highest BCUT2D eigenvalue weighted by Crippen LogP contribution is 2.17. The first-order valence-corrected chi connectivity index (χ1v) is 3.44. The van der Waals surface area contributed by atoms with Crippen molar-refractivity contribution in [1.82, 2.24) is 4.90 Å². The Balaban J connectivity index is 2.24. The maximum atomic E-state index is 4.25. The highest BCUT2D eigenvalue weighted by Gasteiger charge is 2.14. The summed E-state index contributed by atoms with van der Waals surface area (Å²) in [6.07, 6.45) is 6.52. The van der Waals surface area contributed by atoms with Gasteiger partial charge in [-0.2, -0.15) is 0 Å². The van der Waals surface area contributed by atoms with Crippen LogP contribution < -0.4 is 0 Å². The molecule has 2 rings (SSSR count). The standard InChI is InChI=1S/C7H10N2/c1-3-7-8-4-2-6-9(7)5-1/h3-4H,1-2,5-6H2. The number of aliphatic imine (C=N–C) groups is 1. The fourth-order valence-electron chi connectivity index (χ4n) is 1.33. The smallest absolute Gasteiger partial charge is 0.124 e. The van der Waals surface area contributed by atoms with E-state index < -0.39 is 0 Å². The number of nitrogens with zero attached hydrogens (tertiary/aromatic N) is 2. The van der Waals surface area contributed by atoms with E-state index in [1.807, 2.05) is 6.21 Å². The zero-order valence-corrected chi connectivity index (χ0v) is 5.38. The highest BCUT2D eigenvalue weighted by atomic mass is 15.2. The van der Waals surface area contributed by atoms with Crippen molar-refractivity contribution < 1.29 is 0 Å². The second kappa shape index (κ2) is 1.87. The Hall–Kier alpha value is -0.790. The van der Waals surface area contributed by atoms with Gasteiger partial charge in [0.2, 0.25) is 0 Å². The minimum absolute atomic E-state index is 1.12. The topological polar surface area (TPSA) is 15.6 Å². The van der Waals surface area contributed by atoms with Crippen LogP contribution in [0.4, 0.5) is 0 Å². The van der Waals surface area contributed by atoms with Crippen LogP contribution in [-0.2, 0) is 0 Å². The second-order valence-electron chi connectivity index (χ2n) is 2.44. The minimum Gasteiger partial charge on any atom is -0.356 e. The normalized spacial score (nSPS) is 24.0. The van der Waals surface area contributed by atoms with Crippen molar-refractivity contribution in [2.75, 3.05) is 13.1 Å². The predicted octanol–water partition coefficient (Wildman–Crippen LogP) is 1.01. The first-order valence-electron chi connectivity index (χ1n) is 3.44. The molecule has 0 saturated heterocycles. The van der Waals surface area contributed by atoms with E-state index in [0.29, 0.717) is 0 Å². The van der Waals surface area contributed by atoms with Crippen molar-refractivity contribution in [2.24, 2.45) is 4.99 Å². The molecule has 0 aromatic rings. The molecule has 0 atom stereocenters. The SMILES string of the molecule is C1=NC2=CCCN2CC1. The van der Waals surface area contributed by atoms with E-state index in [4.69, 9.17) is 0 Å². The summed E-state index contributed by atoms with van der Waals surface area (Å²) < 4.78 is 0. The maximum Gasteiger partial charge on any atom is 0.124 e. The van der Waals surface area contributed by atoms with Gasteiger partial charge in [-0.25, -0.2) is 4.99 Å². The van der Waals surface area contributed by atoms with E-state index in [1.54, 1.807) is 0 Å². The van der Waals surface area contributed by atoms with E-state index >= 15 is 0 Å². The third-order valence-electron chi connectivity index (χ3n) is 1.80. The fraction of sp³-hybridized carbons (Fsp3) is 0.571. The summed E-state index contributed by atoms with van der Waals surface area (Å²) in [5, 5.41) is 0. The average Bonchev–Trinajstić information content (AvgIpc) is 2.33. The van der Waals surface area contributed by atoms with Gasteiger partial charge in [0.25, 0.3) is 0 Å². The lowest BCUT2D eigenvalue weighted by Crippen LogP contribution is -2.23. The van der Waals surface area contributed by atoms with Crippen molar-refractivity contribution in [3.8, 4) is 0 Å². The van der Waals surface area contributed by atoms with Gasteiger partial charge in [-0.1, -0.05) is 0 Å². The molecular weight excluding hydrogens is 112 g/mol. The molecule has 0 spiro atoms. The van der Waals surface area contributed by atoms with Crippen LogP contribution in [0.1, 0.15) is 12.8 Å². The summed E-state index contributed by atoms with van der Waals surface area (Å²) >= 11 is 0. The van der Waals surface area contributed by atoms with Gasteiger partial charge in [-0.3, -0.25) is 0 Å². The highest BCUT2D eigenvalue weighted by molar-refractivity contribution is 5.60. The number of hydrogen-bond acceptors (Lipinski definition) is 2. The van der Waals surface area contributed by atoms with Crippen LogP contribution in [0.15, 0.2) is 16.9 Å². The van der Waals surface area contributed by atoms with Crippen molar-refractivity contribution in [1.29, 1.82) is 0 Å². The molecule has 9 heavy (non-hydrogen) atoms. The number of rotatable bonds is 0. The summed E-state index contributed by atoms with van der Waals surface area (Å²) in [6, 6.07) is 0. The molecule has 0 aromatic heterocycles. The van der Waals surface area contributed by atoms with Gasteiger partial charge in [0.05, 0.1) is 0 Å². The Bertz CT molecular complexity index is 170. The van der Waals surface area contributed by atoms with Crippen LogP contribution in [0.3, 0.4) is 0 Å². The summed E-state index contributed by atoms with van der Waals surface area (Å²) in [5.74, 6) is 1.20. The third-order valence-corrected chi connectivity index (χ3v) is 1.80. The lowest BCUT2D eigenvalue weighted by Gasteiger charge is -2.21. The van der Waals surface area contributed by atoms with E-state index in [0.717, 1.165) is 6.42 Å². The van der Waals surface area contributed by atoms with Gasteiger partial charge in [0.1, 0.15) is 5.82 Å². The van der Waals surface area contributed by atoms with E-state index in [9.17, 15) is 0 Å². The Labute approximate surface area is 54.9 Å². The number of hydrogen-bond donors (Lipinski definition) is 0. The minimum atomic E-state index is 1.12. The molecule has 0 bridgehead atoms. The Kier molecular flexibility index (Phi) is 1.04. The van der Waals surface area contributed by atoms with Crippen LogP contribution in [-0.4, -0.2) is 24.2 Å². The largest absolute Gasteiger partial charge is 0.356 e. The lowest BCUT2D eigenvalue weighted by atomic mass is 10.4. The summed E-state index contributed by atoms with van der Waals surface area (Å²) in [5.41, 5.74) is 0. The van der Waals surface area contributed by atoms with E-state index in [2.05, 4.69) is 16.0 Å². The predicted molar refractivity (Wildman–Crippen MR) is 37.4 cm³/mol. The third kappa shape index (κ3) is 0.745. The molecule has 0 fully saturated rings. The molecule has 0 amide bonds. The Morgan fingerprint density at radius 3 is 3.11 bits per heavy atom. The molecule has 48 valence electrons. The molecule has 0 aliphatic carbocycles. The molecule has 0 saturated carbocycles.